The molecule has 6 heteroatoms. The Morgan fingerprint density at radius 1 is 1.35 bits per heavy atom. The van der Waals surface area contributed by atoms with Crippen molar-refractivity contribution >= 4 is 21.6 Å². The molecule has 0 amide bonds. The highest BCUT2D eigenvalue weighted by atomic mass is 79.9. The number of nitro groups is 1. The molecule has 2 aromatic carbocycles. The van der Waals surface area contributed by atoms with Gasteiger partial charge in [0.15, 0.2) is 5.75 Å². The van der Waals surface area contributed by atoms with Crippen LogP contribution in [0, 0.1) is 22.9 Å². The van der Waals surface area contributed by atoms with Crippen LogP contribution in [0.15, 0.2) is 40.9 Å². The summed E-state index contributed by atoms with van der Waals surface area (Å²) in [5.74, 6) is -0.254. The number of nitro benzene ring substituents is 1. The van der Waals surface area contributed by atoms with Crippen LogP contribution in [-0.4, -0.2) is 4.92 Å². The molecule has 20 heavy (non-hydrogen) atoms. The van der Waals surface area contributed by atoms with Crippen molar-refractivity contribution in [3.63, 3.8) is 0 Å². The molecule has 4 nitrogen and oxygen atoms in total. The molecule has 2 rings (SSSR count). The molecule has 0 fully saturated rings. The van der Waals surface area contributed by atoms with Gasteiger partial charge in [0.05, 0.1) is 4.92 Å². The summed E-state index contributed by atoms with van der Waals surface area (Å²) in [6.07, 6.45) is 0. The van der Waals surface area contributed by atoms with Gasteiger partial charge in [-0.3, -0.25) is 10.1 Å². The summed E-state index contributed by atoms with van der Waals surface area (Å²) in [7, 11) is 0. The zero-order chi connectivity index (χ0) is 14.7. The van der Waals surface area contributed by atoms with Crippen molar-refractivity contribution in [3.8, 4) is 5.75 Å². The van der Waals surface area contributed by atoms with Gasteiger partial charge in [0.1, 0.15) is 12.4 Å². The van der Waals surface area contributed by atoms with Crippen LogP contribution >= 0.6 is 15.9 Å². The van der Waals surface area contributed by atoms with E-state index in [4.69, 9.17) is 4.74 Å². The first kappa shape index (κ1) is 14.5. The average Bonchev–Trinajstić information content (AvgIpc) is 2.38. The Kier molecular flexibility index (Phi) is 4.34. The Balaban J connectivity index is 2.25. The molecule has 104 valence electrons. The first-order valence-corrected chi connectivity index (χ1v) is 6.59. The van der Waals surface area contributed by atoms with Gasteiger partial charge in [0.25, 0.3) is 0 Å². The SMILES string of the molecule is Cc1cccc([N+](=O)[O-])c1OCc1ccc(Br)cc1F. The maximum atomic E-state index is 13.7. The number of ether oxygens (including phenoxy) is 1. The minimum Gasteiger partial charge on any atom is -0.482 e. The second-order valence-corrected chi connectivity index (χ2v) is 5.12. The molecule has 0 N–H and O–H groups in total. The van der Waals surface area contributed by atoms with Gasteiger partial charge in [-0.2, -0.15) is 0 Å². The van der Waals surface area contributed by atoms with Gasteiger partial charge in [-0.15, -0.1) is 0 Å². The highest BCUT2D eigenvalue weighted by Crippen LogP contribution is 2.31. The van der Waals surface area contributed by atoms with Crippen molar-refractivity contribution in [3.05, 3.63) is 67.9 Å². The predicted octanol–water partition coefficient (Wildman–Crippen LogP) is 4.38. The number of nitrogens with zero attached hydrogens (tertiary/aromatic N) is 1. The fraction of sp³-hybridized carbons (Fsp3) is 0.143. The van der Waals surface area contributed by atoms with Crippen molar-refractivity contribution in [2.24, 2.45) is 0 Å². The van der Waals surface area contributed by atoms with Crippen LogP contribution in [-0.2, 0) is 6.61 Å². The molecule has 0 aliphatic rings. The van der Waals surface area contributed by atoms with Gasteiger partial charge in [0, 0.05) is 16.1 Å². The van der Waals surface area contributed by atoms with Crippen LogP contribution in [0.4, 0.5) is 10.1 Å². The number of para-hydroxylation sites is 1. The van der Waals surface area contributed by atoms with E-state index in [1.54, 1.807) is 31.2 Å². The molecule has 2 aromatic rings. The molecule has 0 aliphatic carbocycles. The Morgan fingerprint density at radius 2 is 2.10 bits per heavy atom. The summed E-state index contributed by atoms with van der Waals surface area (Å²) in [4.78, 5) is 10.4. The zero-order valence-electron chi connectivity index (χ0n) is 10.6. The number of hydrogen-bond donors (Lipinski definition) is 0. The molecule has 0 spiro atoms. The van der Waals surface area contributed by atoms with Crippen LogP contribution in [0.25, 0.3) is 0 Å². The van der Waals surface area contributed by atoms with Gasteiger partial charge in [0.2, 0.25) is 0 Å². The second-order valence-electron chi connectivity index (χ2n) is 4.20. The van der Waals surface area contributed by atoms with E-state index in [0.29, 0.717) is 15.6 Å². The van der Waals surface area contributed by atoms with Crippen molar-refractivity contribution in [1.82, 2.24) is 0 Å². The number of aryl methyl sites for hydroxylation is 1. The summed E-state index contributed by atoms with van der Waals surface area (Å²) in [6.45, 7) is 1.64. The fourth-order valence-electron chi connectivity index (χ4n) is 1.76. The Hall–Kier alpha value is -1.95. The van der Waals surface area contributed by atoms with Crippen LogP contribution in [0.2, 0.25) is 0 Å². The van der Waals surface area contributed by atoms with Gasteiger partial charge < -0.3 is 4.74 Å². The third-order valence-corrected chi connectivity index (χ3v) is 3.27. The van der Waals surface area contributed by atoms with E-state index >= 15 is 0 Å². The summed E-state index contributed by atoms with van der Waals surface area (Å²) >= 11 is 3.16. The maximum Gasteiger partial charge on any atom is 0.311 e. The predicted molar refractivity (Wildman–Crippen MR) is 76.3 cm³/mol. The normalized spacial score (nSPS) is 10.3. The largest absolute Gasteiger partial charge is 0.482 e. The standard InChI is InChI=1S/C14H11BrFNO3/c1-9-3-2-4-13(17(18)19)14(9)20-8-10-5-6-11(15)7-12(10)16/h2-7H,8H2,1H3. The topological polar surface area (TPSA) is 52.4 Å². The van der Waals surface area contributed by atoms with Crippen LogP contribution in [0.1, 0.15) is 11.1 Å². The van der Waals surface area contributed by atoms with Crippen molar-refractivity contribution in [2.75, 3.05) is 0 Å². The molecule has 0 atom stereocenters. The number of hydrogen-bond acceptors (Lipinski definition) is 3. The Bertz CT molecular complexity index is 661. The molecule has 0 bridgehead atoms. The fourth-order valence-corrected chi connectivity index (χ4v) is 2.09. The summed E-state index contributed by atoms with van der Waals surface area (Å²) in [5, 5.41) is 10.9. The molecule has 0 aromatic heterocycles. The lowest BCUT2D eigenvalue weighted by Crippen LogP contribution is -2.02. The molecule has 0 saturated heterocycles. The van der Waals surface area contributed by atoms with Crippen molar-refractivity contribution in [1.29, 1.82) is 0 Å². The van der Waals surface area contributed by atoms with Gasteiger partial charge in [-0.05, 0) is 24.6 Å². The maximum absolute atomic E-state index is 13.7. The lowest BCUT2D eigenvalue weighted by atomic mass is 10.2. The van der Waals surface area contributed by atoms with E-state index in [1.807, 2.05) is 0 Å². The monoisotopic (exact) mass is 339 g/mol. The Morgan fingerprint density at radius 3 is 2.75 bits per heavy atom. The third-order valence-electron chi connectivity index (χ3n) is 2.77. The minimum absolute atomic E-state index is 0.0647. The van der Waals surface area contributed by atoms with Gasteiger partial charge in [-0.25, -0.2) is 4.39 Å². The van der Waals surface area contributed by atoms with Gasteiger partial charge in [-0.1, -0.05) is 34.1 Å². The van der Waals surface area contributed by atoms with E-state index < -0.39 is 10.7 Å². The minimum atomic E-state index is -0.514. The van der Waals surface area contributed by atoms with Crippen LogP contribution in [0.3, 0.4) is 0 Å². The summed E-state index contributed by atoms with van der Waals surface area (Å²) in [5.41, 5.74) is 0.852. The van der Waals surface area contributed by atoms with Crippen LogP contribution in [0.5, 0.6) is 5.75 Å². The van der Waals surface area contributed by atoms with E-state index in [-0.39, 0.29) is 18.0 Å². The van der Waals surface area contributed by atoms with E-state index in [0.717, 1.165) is 0 Å². The van der Waals surface area contributed by atoms with E-state index in [2.05, 4.69) is 15.9 Å². The zero-order valence-corrected chi connectivity index (χ0v) is 12.2. The first-order valence-electron chi connectivity index (χ1n) is 5.80. The molecule has 0 heterocycles. The van der Waals surface area contributed by atoms with E-state index in [9.17, 15) is 14.5 Å². The molecular formula is C14H11BrFNO3. The highest BCUT2D eigenvalue weighted by Gasteiger charge is 2.17. The highest BCUT2D eigenvalue weighted by molar-refractivity contribution is 9.10. The van der Waals surface area contributed by atoms with Crippen molar-refractivity contribution < 1.29 is 14.1 Å². The Labute approximate surface area is 123 Å². The third kappa shape index (κ3) is 3.14. The van der Waals surface area contributed by atoms with E-state index in [1.165, 1.54) is 12.1 Å². The first-order chi connectivity index (χ1) is 9.49. The lowest BCUT2D eigenvalue weighted by Gasteiger charge is -2.10. The summed E-state index contributed by atoms with van der Waals surface area (Å²) in [6, 6.07) is 9.24. The smallest absolute Gasteiger partial charge is 0.311 e. The quantitative estimate of drug-likeness (QED) is 0.613. The average molecular weight is 340 g/mol. The molecular weight excluding hydrogens is 329 g/mol. The lowest BCUT2D eigenvalue weighted by molar-refractivity contribution is -0.386. The van der Waals surface area contributed by atoms with Crippen molar-refractivity contribution in [2.45, 2.75) is 13.5 Å². The second kappa shape index (κ2) is 6.00. The van der Waals surface area contributed by atoms with Gasteiger partial charge >= 0.3 is 5.69 Å². The van der Waals surface area contributed by atoms with Crippen LogP contribution < -0.4 is 4.74 Å². The molecule has 0 unspecified atom stereocenters. The molecule has 0 radical (unpaired) electrons. The molecule has 0 aliphatic heterocycles. The number of benzene rings is 2. The number of halogens is 2. The molecule has 0 saturated carbocycles. The summed E-state index contributed by atoms with van der Waals surface area (Å²) < 4.78 is 19.7. The number of rotatable bonds is 4.